The fourth-order valence-corrected chi connectivity index (χ4v) is 1.11. The highest BCUT2D eigenvalue weighted by molar-refractivity contribution is 5.64. The SMILES string of the molecule is CCC(C)(O)CNc1nccc(C)c1N. The lowest BCUT2D eigenvalue weighted by molar-refractivity contribution is 0.0697. The first-order valence-corrected chi connectivity index (χ1v) is 5.13. The molecule has 0 aromatic carbocycles. The quantitative estimate of drug-likeness (QED) is 0.703. The highest BCUT2D eigenvalue weighted by atomic mass is 16.3. The summed E-state index contributed by atoms with van der Waals surface area (Å²) in [7, 11) is 0. The average Bonchev–Trinajstić information content (AvgIpc) is 2.20. The van der Waals surface area contributed by atoms with E-state index in [1.165, 1.54) is 0 Å². The van der Waals surface area contributed by atoms with Crippen LogP contribution in [0, 0.1) is 6.92 Å². The smallest absolute Gasteiger partial charge is 0.149 e. The number of hydrogen-bond donors (Lipinski definition) is 3. The van der Waals surface area contributed by atoms with Gasteiger partial charge in [-0.1, -0.05) is 6.92 Å². The Kier molecular flexibility index (Phi) is 3.52. The average molecular weight is 209 g/mol. The van der Waals surface area contributed by atoms with Gasteiger partial charge < -0.3 is 16.2 Å². The number of rotatable bonds is 4. The maximum absolute atomic E-state index is 9.81. The van der Waals surface area contributed by atoms with Crippen LogP contribution < -0.4 is 11.1 Å². The van der Waals surface area contributed by atoms with Gasteiger partial charge in [-0.2, -0.15) is 0 Å². The van der Waals surface area contributed by atoms with Crippen LogP contribution in [0.3, 0.4) is 0 Å². The van der Waals surface area contributed by atoms with E-state index in [1.54, 1.807) is 13.1 Å². The largest absolute Gasteiger partial charge is 0.396 e. The Balaban J connectivity index is 2.70. The number of hydrogen-bond acceptors (Lipinski definition) is 4. The third-order valence-corrected chi connectivity index (χ3v) is 2.61. The van der Waals surface area contributed by atoms with Crippen LogP contribution in [0.1, 0.15) is 25.8 Å². The zero-order valence-corrected chi connectivity index (χ0v) is 9.54. The molecule has 1 aromatic heterocycles. The molecule has 1 heterocycles. The molecule has 1 atom stereocenters. The molecule has 0 aliphatic rings. The Morgan fingerprint density at radius 2 is 2.27 bits per heavy atom. The Morgan fingerprint density at radius 1 is 1.60 bits per heavy atom. The molecular weight excluding hydrogens is 190 g/mol. The van der Waals surface area contributed by atoms with E-state index in [0.717, 1.165) is 5.56 Å². The van der Waals surface area contributed by atoms with Crippen LogP contribution in [0.15, 0.2) is 12.3 Å². The van der Waals surface area contributed by atoms with Crippen molar-refractivity contribution in [2.24, 2.45) is 0 Å². The van der Waals surface area contributed by atoms with Crippen LogP contribution >= 0.6 is 0 Å². The van der Waals surface area contributed by atoms with Crippen molar-refractivity contribution in [2.75, 3.05) is 17.6 Å². The molecule has 0 saturated carbocycles. The number of nitrogen functional groups attached to an aromatic ring is 1. The minimum Gasteiger partial charge on any atom is -0.396 e. The molecule has 15 heavy (non-hydrogen) atoms. The molecule has 0 fully saturated rings. The normalized spacial score (nSPS) is 14.7. The fourth-order valence-electron chi connectivity index (χ4n) is 1.11. The van der Waals surface area contributed by atoms with Crippen molar-refractivity contribution in [2.45, 2.75) is 32.8 Å². The Morgan fingerprint density at radius 3 is 2.87 bits per heavy atom. The molecule has 1 aromatic rings. The van der Waals surface area contributed by atoms with Gasteiger partial charge in [0.1, 0.15) is 5.82 Å². The summed E-state index contributed by atoms with van der Waals surface area (Å²) in [5.41, 5.74) is 6.75. The van der Waals surface area contributed by atoms with Gasteiger partial charge in [0.2, 0.25) is 0 Å². The van der Waals surface area contributed by atoms with Crippen molar-refractivity contribution < 1.29 is 5.11 Å². The van der Waals surface area contributed by atoms with Gasteiger partial charge in [0.15, 0.2) is 0 Å². The molecule has 4 N–H and O–H groups in total. The van der Waals surface area contributed by atoms with E-state index in [0.29, 0.717) is 24.5 Å². The molecule has 1 unspecified atom stereocenters. The summed E-state index contributed by atoms with van der Waals surface area (Å²) in [4.78, 5) is 4.13. The number of anilines is 2. The van der Waals surface area contributed by atoms with E-state index in [9.17, 15) is 5.11 Å². The Labute approximate surface area is 90.5 Å². The van der Waals surface area contributed by atoms with Crippen molar-refractivity contribution in [1.29, 1.82) is 0 Å². The van der Waals surface area contributed by atoms with Crippen molar-refractivity contribution in [3.63, 3.8) is 0 Å². The molecule has 0 saturated heterocycles. The van der Waals surface area contributed by atoms with E-state index >= 15 is 0 Å². The van der Waals surface area contributed by atoms with Crippen LogP contribution in [0.4, 0.5) is 11.5 Å². The summed E-state index contributed by atoms with van der Waals surface area (Å²) in [5.74, 6) is 0.642. The summed E-state index contributed by atoms with van der Waals surface area (Å²) in [6.45, 7) is 6.10. The molecule has 84 valence electrons. The third-order valence-electron chi connectivity index (χ3n) is 2.61. The van der Waals surface area contributed by atoms with Gasteiger partial charge in [-0.3, -0.25) is 0 Å². The molecular formula is C11H19N3O. The molecule has 0 bridgehead atoms. The lowest BCUT2D eigenvalue weighted by atomic mass is 10.0. The van der Waals surface area contributed by atoms with Gasteiger partial charge in [-0.05, 0) is 31.9 Å². The first-order chi connectivity index (χ1) is 6.96. The standard InChI is InChI=1S/C11H19N3O/c1-4-11(3,15)7-14-10-9(12)8(2)5-6-13-10/h5-6,15H,4,7,12H2,1-3H3,(H,13,14). The zero-order valence-electron chi connectivity index (χ0n) is 9.54. The summed E-state index contributed by atoms with van der Waals surface area (Å²) in [5, 5.41) is 12.9. The van der Waals surface area contributed by atoms with E-state index in [1.807, 2.05) is 19.9 Å². The van der Waals surface area contributed by atoms with Gasteiger partial charge in [0, 0.05) is 12.7 Å². The molecule has 4 nitrogen and oxygen atoms in total. The van der Waals surface area contributed by atoms with E-state index in [2.05, 4.69) is 10.3 Å². The van der Waals surface area contributed by atoms with Gasteiger partial charge in [-0.25, -0.2) is 4.98 Å². The van der Waals surface area contributed by atoms with Gasteiger partial charge in [0.25, 0.3) is 0 Å². The second kappa shape index (κ2) is 4.49. The van der Waals surface area contributed by atoms with Gasteiger partial charge >= 0.3 is 0 Å². The van der Waals surface area contributed by atoms with Crippen LogP contribution in [-0.4, -0.2) is 22.2 Å². The number of aromatic nitrogens is 1. The topological polar surface area (TPSA) is 71.2 Å². The number of nitrogens with two attached hydrogens (primary N) is 1. The van der Waals surface area contributed by atoms with Crippen molar-refractivity contribution in [3.8, 4) is 0 Å². The Bertz CT molecular complexity index is 337. The fraction of sp³-hybridized carbons (Fsp3) is 0.545. The second-order valence-corrected chi connectivity index (χ2v) is 4.09. The number of pyridine rings is 1. The maximum atomic E-state index is 9.81. The number of nitrogens with zero attached hydrogens (tertiary/aromatic N) is 1. The predicted molar refractivity (Wildman–Crippen MR) is 62.8 cm³/mol. The lowest BCUT2D eigenvalue weighted by Crippen LogP contribution is -2.32. The van der Waals surface area contributed by atoms with Crippen LogP contribution in [0.5, 0.6) is 0 Å². The highest BCUT2D eigenvalue weighted by Gasteiger charge is 2.17. The van der Waals surface area contributed by atoms with Crippen LogP contribution in [0.2, 0.25) is 0 Å². The molecule has 1 rings (SSSR count). The predicted octanol–water partition coefficient (Wildman–Crippen LogP) is 1.55. The highest BCUT2D eigenvalue weighted by Crippen LogP contribution is 2.19. The van der Waals surface area contributed by atoms with Crippen molar-refractivity contribution in [1.82, 2.24) is 4.98 Å². The summed E-state index contributed by atoms with van der Waals surface area (Å²) in [6, 6.07) is 1.86. The van der Waals surface area contributed by atoms with Crippen LogP contribution in [-0.2, 0) is 0 Å². The molecule has 0 amide bonds. The lowest BCUT2D eigenvalue weighted by Gasteiger charge is -2.22. The second-order valence-electron chi connectivity index (χ2n) is 4.09. The van der Waals surface area contributed by atoms with Crippen molar-refractivity contribution >= 4 is 11.5 Å². The monoisotopic (exact) mass is 209 g/mol. The van der Waals surface area contributed by atoms with Crippen LogP contribution in [0.25, 0.3) is 0 Å². The Hall–Kier alpha value is -1.29. The number of nitrogens with one attached hydrogen (secondary N) is 1. The van der Waals surface area contributed by atoms with Crippen molar-refractivity contribution in [3.05, 3.63) is 17.8 Å². The van der Waals surface area contributed by atoms with Gasteiger partial charge in [0.05, 0.1) is 11.3 Å². The van der Waals surface area contributed by atoms with E-state index < -0.39 is 5.60 Å². The number of aryl methyl sites for hydroxylation is 1. The molecule has 0 spiro atoms. The minimum absolute atomic E-state index is 0.449. The summed E-state index contributed by atoms with van der Waals surface area (Å²) in [6.07, 6.45) is 2.39. The zero-order chi connectivity index (χ0) is 11.5. The molecule has 0 aliphatic heterocycles. The molecule has 4 heteroatoms. The minimum atomic E-state index is -0.724. The summed E-state index contributed by atoms with van der Waals surface area (Å²) < 4.78 is 0. The van der Waals surface area contributed by atoms with Gasteiger partial charge in [-0.15, -0.1) is 0 Å². The summed E-state index contributed by atoms with van der Waals surface area (Å²) >= 11 is 0. The third kappa shape index (κ3) is 3.09. The first kappa shape index (κ1) is 11.8. The maximum Gasteiger partial charge on any atom is 0.149 e. The number of aliphatic hydroxyl groups is 1. The van der Waals surface area contributed by atoms with E-state index in [-0.39, 0.29) is 0 Å². The molecule has 0 radical (unpaired) electrons. The molecule has 0 aliphatic carbocycles. The van der Waals surface area contributed by atoms with E-state index in [4.69, 9.17) is 5.73 Å². The first-order valence-electron chi connectivity index (χ1n) is 5.13.